The van der Waals surface area contributed by atoms with Crippen molar-refractivity contribution in [3.8, 4) is 11.8 Å². The van der Waals surface area contributed by atoms with E-state index < -0.39 is 0 Å². The van der Waals surface area contributed by atoms with Gasteiger partial charge in [0.15, 0.2) is 0 Å². The number of aliphatic hydroxyl groups excluding tert-OH is 1. The second-order valence-corrected chi connectivity index (χ2v) is 4.64. The first-order chi connectivity index (χ1) is 9.20. The van der Waals surface area contributed by atoms with Crippen LogP contribution in [0.4, 0.5) is 5.69 Å². The number of nitrogens with one attached hydrogen (secondary N) is 1. The summed E-state index contributed by atoms with van der Waals surface area (Å²) in [6.07, 6.45) is 0.733. The number of anilines is 1. The molecule has 1 aromatic rings. The van der Waals surface area contributed by atoms with E-state index in [-0.39, 0.29) is 18.4 Å². The van der Waals surface area contributed by atoms with E-state index in [4.69, 9.17) is 21.4 Å². The predicted molar refractivity (Wildman–Crippen MR) is 73.0 cm³/mol. The zero-order valence-electron chi connectivity index (χ0n) is 10.3. The normalized spacial score (nSPS) is 17.7. The van der Waals surface area contributed by atoms with Crippen LogP contribution in [0.3, 0.4) is 0 Å². The number of benzene rings is 1. The molecule has 19 heavy (non-hydrogen) atoms. The SMILES string of the molecule is O=C(Nc1ccc(Cl)cc1C#CCO)C1CCOC1. The fraction of sp³-hybridized carbons (Fsp3) is 0.357. The number of carbonyl (C=O) groups is 1. The quantitative estimate of drug-likeness (QED) is 0.810. The monoisotopic (exact) mass is 279 g/mol. The van der Waals surface area contributed by atoms with Crippen molar-refractivity contribution in [3.05, 3.63) is 28.8 Å². The number of rotatable bonds is 2. The average molecular weight is 280 g/mol. The third-order valence-corrected chi connectivity index (χ3v) is 3.08. The minimum absolute atomic E-state index is 0.0770. The van der Waals surface area contributed by atoms with Crippen molar-refractivity contribution in [3.63, 3.8) is 0 Å². The number of ether oxygens (including phenoxy) is 1. The Morgan fingerprint density at radius 1 is 1.58 bits per heavy atom. The number of amides is 1. The summed E-state index contributed by atoms with van der Waals surface area (Å²) in [5, 5.41) is 12.1. The molecule has 4 nitrogen and oxygen atoms in total. The van der Waals surface area contributed by atoms with Gasteiger partial charge in [0.25, 0.3) is 0 Å². The number of carbonyl (C=O) groups excluding carboxylic acids is 1. The Labute approximate surface area is 116 Å². The summed E-state index contributed by atoms with van der Waals surface area (Å²) in [4.78, 5) is 12.0. The Hall–Kier alpha value is -1.54. The first-order valence-corrected chi connectivity index (χ1v) is 6.36. The molecule has 1 saturated heterocycles. The van der Waals surface area contributed by atoms with Gasteiger partial charge in [0, 0.05) is 17.2 Å². The summed E-state index contributed by atoms with van der Waals surface area (Å²) in [6, 6.07) is 5.05. The molecule has 1 heterocycles. The fourth-order valence-corrected chi connectivity index (χ4v) is 2.01. The van der Waals surface area contributed by atoms with Crippen molar-refractivity contribution in [1.29, 1.82) is 0 Å². The maximum absolute atomic E-state index is 12.0. The molecule has 2 rings (SSSR count). The molecular weight excluding hydrogens is 266 g/mol. The molecule has 0 aliphatic carbocycles. The molecule has 0 saturated carbocycles. The molecule has 0 aromatic heterocycles. The van der Waals surface area contributed by atoms with Gasteiger partial charge in [0.1, 0.15) is 6.61 Å². The van der Waals surface area contributed by atoms with Gasteiger partial charge in [-0.1, -0.05) is 23.4 Å². The van der Waals surface area contributed by atoms with Crippen molar-refractivity contribution in [2.24, 2.45) is 5.92 Å². The lowest BCUT2D eigenvalue weighted by molar-refractivity contribution is -0.119. The summed E-state index contributed by atoms with van der Waals surface area (Å²) in [6.45, 7) is 0.837. The Morgan fingerprint density at radius 3 is 3.11 bits per heavy atom. The Morgan fingerprint density at radius 2 is 2.42 bits per heavy atom. The van der Waals surface area contributed by atoms with Crippen LogP contribution in [0.15, 0.2) is 18.2 Å². The van der Waals surface area contributed by atoms with Gasteiger partial charge >= 0.3 is 0 Å². The van der Waals surface area contributed by atoms with E-state index >= 15 is 0 Å². The van der Waals surface area contributed by atoms with Crippen LogP contribution < -0.4 is 5.32 Å². The third-order valence-electron chi connectivity index (χ3n) is 2.84. The van der Waals surface area contributed by atoms with Gasteiger partial charge in [-0.05, 0) is 24.6 Å². The van der Waals surface area contributed by atoms with E-state index in [1.165, 1.54) is 0 Å². The molecule has 1 atom stereocenters. The molecule has 0 spiro atoms. The molecule has 100 valence electrons. The van der Waals surface area contributed by atoms with Crippen LogP contribution in [-0.4, -0.2) is 30.8 Å². The number of halogens is 1. The molecule has 1 aliphatic rings. The topological polar surface area (TPSA) is 58.6 Å². The van der Waals surface area contributed by atoms with Crippen LogP contribution in [0.2, 0.25) is 5.02 Å². The van der Waals surface area contributed by atoms with Crippen LogP contribution in [0.5, 0.6) is 0 Å². The average Bonchev–Trinajstić information content (AvgIpc) is 2.93. The summed E-state index contributed by atoms with van der Waals surface area (Å²) >= 11 is 5.90. The van der Waals surface area contributed by atoms with Gasteiger partial charge in [0.05, 0.1) is 18.2 Å². The summed E-state index contributed by atoms with van der Waals surface area (Å²) < 4.78 is 5.19. The lowest BCUT2D eigenvalue weighted by Gasteiger charge is -2.11. The van der Waals surface area contributed by atoms with Crippen molar-refractivity contribution < 1.29 is 14.6 Å². The maximum Gasteiger partial charge on any atom is 0.229 e. The van der Waals surface area contributed by atoms with E-state index in [0.29, 0.717) is 29.5 Å². The lowest BCUT2D eigenvalue weighted by atomic mass is 10.1. The summed E-state index contributed by atoms with van der Waals surface area (Å²) in [5.74, 6) is 5.12. The van der Waals surface area contributed by atoms with E-state index in [9.17, 15) is 4.79 Å². The molecule has 1 fully saturated rings. The van der Waals surface area contributed by atoms with Crippen molar-refractivity contribution in [2.45, 2.75) is 6.42 Å². The standard InChI is InChI=1S/C14H14ClNO3/c15-12-3-4-13(10(8-12)2-1-6-17)16-14(18)11-5-7-19-9-11/h3-4,8,11,17H,5-7,9H2,(H,16,18). The number of aliphatic hydroxyl groups is 1. The van der Waals surface area contributed by atoms with Crippen molar-refractivity contribution >= 4 is 23.2 Å². The van der Waals surface area contributed by atoms with E-state index in [0.717, 1.165) is 6.42 Å². The predicted octanol–water partition coefficient (Wildman–Crippen LogP) is 1.66. The fourth-order valence-electron chi connectivity index (χ4n) is 1.84. The van der Waals surface area contributed by atoms with Gasteiger partial charge in [-0.3, -0.25) is 4.79 Å². The highest BCUT2D eigenvalue weighted by Crippen LogP contribution is 2.22. The van der Waals surface area contributed by atoms with Crippen LogP contribution in [0.25, 0.3) is 0 Å². The third kappa shape index (κ3) is 3.71. The minimum atomic E-state index is -0.240. The van der Waals surface area contributed by atoms with Crippen molar-refractivity contribution in [1.82, 2.24) is 0 Å². The van der Waals surface area contributed by atoms with Gasteiger partial charge in [0.2, 0.25) is 5.91 Å². The van der Waals surface area contributed by atoms with Gasteiger partial charge in [-0.25, -0.2) is 0 Å². The van der Waals surface area contributed by atoms with Crippen LogP contribution >= 0.6 is 11.6 Å². The second kappa shape index (κ2) is 6.58. The van der Waals surface area contributed by atoms with Gasteiger partial charge in [-0.15, -0.1) is 0 Å². The van der Waals surface area contributed by atoms with Crippen LogP contribution in [0, 0.1) is 17.8 Å². The smallest absolute Gasteiger partial charge is 0.229 e. The molecule has 1 aliphatic heterocycles. The van der Waals surface area contributed by atoms with Gasteiger partial charge < -0.3 is 15.2 Å². The van der Waals surface area contributed by atoms with Gasteiger partial charge in [-0.2, -0.15) is 0 Å². The molecule has 1 aromatic carbocycles. The highest BCUT2D eigenvalue weighted by molar-refractivity contribution is 6.30. The Kier molecular flexibility index (Phi) is 4.80. The summed E-state index contributed by atoms with van der Waals surface area (Å²) in [5.41, 5.74) is 1.19. The first kappa shape index (κ1) is 13.9. The Balaban J connectivity index is 2.16. The highest BCUT2D eigenvalue weighted by atomic mass is 35.5. The molecule has 1 unspecified atom stereocenters. The zero-order chi connectivity index (χ0) is 13.7. The first-order valence-electron chi connectivity index (χ1n) is 5.98. The molecule has 2 N–H and O–H groups in total. The minimum Gasteiger partial charge on any atom is -0.384 e. The largest absolute Gasteiger partial charge is 0.384 e. The van der Waals surface area contributed by atoms with E-state index in [2.05, 4.69) is 17.2 Å². The molecule has 0 radical (unpaired) electrons. The Bertz CT molecular complexity index is 527. The van der Waals surface area contributed by atoms with E-state index in [1.807, 2.05) is 0 Å². The molecular formula is C14H14ClNO3. The number of hydrogen-bond acceptors (Lipinski definition) is 3. The second-order valence-electron chi connectivity index (χ2n) is 4.20. The highest BCUT2D eigenvalue weighted by Gasteiger charge is 2.23. The lowest BCUT2D eigenvalue weighted by Crippen LogP contribution is -2.23. The molecule has 5 heteroatoms. The van der Waals surface area contributed by atoms with E-state index in [1.54, 1.807) is 18.2 Å². The number of hydrogen-bond donors (Lipinski definition) is 2. The molecule has 0 bridgehead atoms. The van der Waals surface area contributed by atoms with Crippen LogP contribution in [-0.2, 0) is 9.53 Å². The molecule has 1 amide bonds. The van der Waals surface area contributed by atoms with Crippen LogP contribution in [0.1, 0.15) is 12.0 Å². The maximum atomic E-state index is 12.0. The summed E-state index contributed by atoms with van der Waals surface area (Å²) in [7, 11) is 0. The zero-order valence-corrected chi connectivity index (χ0v) is 11.0. The van der Waals surface area contributed by atoms with Crippen molar-refractivity contribution in [2.75, 3.05) is 25.1 Å².